The largest absolute Gasteiger partial charge is 0.462 e. The van der Waals surface area contributed by atoms with E-state index in [2.05, 4.69) is 13.8 Å². The van der Waals surface area contributed by atoms with Gasteiger partial charge in [0.15, 0.2) is 0 Å². The van der Waals surface area contributed by atoms with Crippen molar-refractivity contribution in [1.82, 2.24) is 0 Å². The van der Waals surface area contributed by atoms with Gasteiger partial charge in [-0.2, -0.15) is 0 Å². The Morgan fingerprint density at radius 3 is 1.05 bits per heavy atom. The van der Waals surface area contributed by atoms with E-state index >= 15 is 0 Å². The fraction of sp³-hybridized carbons (Fsp3) is 0.704. The fourth-order valence-corrected chi connectivity index (χ4v) is 8.65. The SMILES string of the molecule is CCC1(COCCCCCCCCCCOC(=O)c2ccc(OC(=O)C3CCC(C(=O)Oc4ccc(C(=O)OCCCCCCCCCCOCC5(CC)COC5)cc4)CC3)cc2)COC1. The van der Waals surface area contributed by atoms with Crippen molar-refractivity contribution in [1.29, 1.82) is 0 Å². The van der Waals surface area contributed by atoms with Crippen LogP contribution in [0.4, 0.5) is 0 Å². The summed E-state index contributed by atoms with van der Waals surface area (Å²) in [6.07, 6.45) is 22.1. The lowest BCUT2D eigenvalue weighted by molar-refractivity contribution is -0.150. The van der Waals surface area contributed by atoms with Crippen LogP contribution in [-0.4, -0.2) is 89.9 Å². The Labute approximate surface area is 394 Å². The smallest absolute Gasteiger partial charge is 0.338 e. The van der Waals surface area contributed by atoms with Crippen LogP contribution in [0.3, 0.4) is 0 Å². The predicted octanol–water partition coefficient (Wildman–Crippen LogP) is 11.4. The second-order valence-corrected chi connectivity index (χ2v) is 19.2. The molecule has 5 rings (SSSR count). The highest BCUT2D eigenvalue weighted by molar-refractivity contribution is 5.90. The third-order valence-electron chi connectivity index (χ3n) is 13.8. The summed E-state index contributed by atoms with van der Waals surface area (Å²) in [5.74, 6) is -1.41. The van der Waals surface area contributed by atoms with Crippen molar-refractivity contribution in [2.75, 3.05) is 66.1 Å². The molecule has 0 unspecified atom stereocenters. The van der Waals surface area contributed by atoms with Crippen LogP contribution in [-0.2, 0) is 38.0 Å². The van der Waals surface area contributed by atoms with Gasteiger partial charge in [0.05, 0.1) is 75.8 Å². The molecule has 0 aromatic heterocycles. The summed E-state index contributed by atoms with van der Waals surface area (Å²) in [5.41, 5.74) is 1.36. The molecule has 12 nitrogen and oxygen atoms in total. The molecule has 3 aliphatic rings. The molecular formula is C54H80O12. The monoisotopic (exact) mass is 921 g/mol. The van der Waals surface area contributed by atoms with Crippen molar-refractivity contribution in [3.8, 4) is 11.5 Å². The van der Waals surface area contributed by atoms with Crippen molar-refractivity contribution in [2.45, 2.75) is 155 Å². The summed E-state index contributed by atoms with van der Waals surface area (Å²) in [5, 5.41) is 0. The third-order valence-corrected chi connectivity index (χ3v) is 13.8. The highest BCUT2D eigenvalue weighted by atomic mass is 16.6. The van der Waals surface area contributed by atoms with Crippen molar-refractivity contribution in [3.05, 3.63) is 59.7 Å². The number of carbonyl (C=O) groups excluding carboxylic acids is 4. The first-order chi connectivity index (χ1) is 32.2. The van der Waals surface area contributed by atoms with Crippen molar-refractivity contribution in [3.63, 3.8) is 0 Å². The van der Waals surface area contributed by atoms with Gasteiger partial charge in [-0.25, -0.2) is 9.59 Å². The van der Waals surface area contributed by atoms with Gasteiger partial charge in [-0.05, 0) is 113 Å². The van der Waals surface area contributed by atoms with Crippen molar-refractivity contribution < 1.29 is 57.1 Å². The van der Waals surface area contributed by atoms with E-state index in [1.165, 1.54) is 51.4 Å². The maximum absolute atomic E-state index is 13.0. The van der Waals surface area contributed by atoms with E-state index < -0.39 is 0 Å². The lowest BCUT2D eigenvalue weighted by Crippen LogP contribution is -2.45. The zero-order valence-electron chi connectivity index (χ0n) is 40.3. The number of rotatable bonds is 34. The summed E-state index contributed by atoms with van der Waals surface area (Å²) in [7, 11) is 0. The molecule has 1 aliphatic carbocycles. The number of hydrogen-bond acceptors (Lipinski definition) is 12. The number of carbonyl (C=O) groups is 4. The number of unbranched alkanes of at least 4 members (excludes halogenated alkanes) is 14. The maximum Gasteiger partial charge on any atom is 0.338 e. The summed E-state index contributed by atoms with van der Waals surface area (Å²) in [4.78, 5) is 51.1. The fourth-order valence-electron chi connectivity index (χ4n) is 8.65. The van der Waals surface area contributed by atoms with E-state index in [0.29, 0.717) is 61.5 Å². The normalized spacial score (nSPS) is 18.4. The molecule has 12 heteroatoms. The quantitative estimate of drug-likeness (QED) is 0.0374. The minimum Gasteiger partial charge on any atom is -0.462 e. The Morgan fingerprint density at radius 2 is 0.758 bits per heavy atom. The molecular weight excluding hydrogens is 841 g/mol. The molecule has 2 aromatic carbocycles. The summed E-state index contributed by atoms with van der Waals surface area (Å²) in [6, 6.07) is 12.9. The minimum absolute atomic E-state index is 0.267. The van der Waals surface area contributed by atoms with Crippen molar-refractivity contribution >= 4 is 23.9 Å². The van der Waals surface area contributed by atoms with Crippen LogP contribution in [0.5, 0.6) is 11.5 Å². The van der Waals surface area contributed by atoms with Crippen LogP contribution in [0.15, 0.2) is 48.5 Å². The summed E-state index contributed by atoms with van der Waals surface area (Å²) < 4.78 is 44.7. The molecule has 0 atom stereocenters. The molecule has 66 heavy (non-hydrogen) atoms. The van der Waals surface area contributed by atoms with Gasteiger partial charge in [-0.1, -0.05) is 90.9 Å². The molecule has 2 aromatic rings. The van der Waals surface area contributed by atoms with E-state index in [-0.39, 0.29) is 46.5 Å². The molecule has 0 amide bonds. The Balaban J connectivity index is 0.827. The number of benzene rings is 2. The summed E-state index contributed by atoms with van der Waals surface area (Å²) in [6.45, 7) is 11.8. The molecule has 2 saturated heterocycles. The average molecular weight is 921 g/mol. The van der Waals surface area contributed by atoms with Crippen LogP contribution in [0, 0.1) is 22.7 Å². The van der Waals surface area contributed by atoms with E-state index in [4.69, 9.17) is 37.9 Å². The third kappa shape index (κ3) is 18.7. The zero-order chi connectivity index (χ0) is 46.7. The number of esters is 4. The van der Waals surface area contributed by atoms with Crippen LogP contribution in [0.25, 0.3) is 0 Å². The van der Waals surface area contributed by atoms with E-state index in [1.807, 2.05) is 0 Å². The molecule has 368 valence electrons. The highest BCUT2D eigenvalue weighted by Gasteiger charge is 2.38. The Kier molecular flexibility index (Phi) is 24.0. The van der Waals surface area contributed by atoms with Gasteiger partial charge in [0, 0.05) is 24.0 Å². The molecule has 0 bridgehead atoms. The second kappa shape index (κ2) is 29.8. The number of hydrogen-bond donors (Lipinski definition) is 0. The first kappa shape index (κ1) is 53.1. The predicted molar refractivity (Wildman–Crippen MR) is 253 cm³/mol. The van der Waals surface area contributed by atoms with E-state index in [9.17, 15) is 19.2 Å². The lowest BCUT2D eigenvalue weighted by atomic mass is 9.82. The molecule has 2 aliphatic heterocycles. The van der Waals surface area contributed by atoms with Crippen LogP contribution >= 0.6 is 0 Å². The van der Waals surface area contributed by atoms with E-state index in [1.54, 1.807) is 48.5 Å². The first-order valence-corrected chi connectivity index (χ1v) is 25.5. The molecule has 2 heterocycles. The molecule has 0 radical (unpaired) electrons. The Morgan fingerprint density at radius 1 is 0.455 bits per heavy atom. The lowest BCUT2D eigenvalue weighted by Gasteiger charge is -2.40. The summed E-state index contributed by atoms with van der Waals surface area (Å²) >= 11 is 0. The zero-order valence-corrected chi connectivity index (χ0v) is 40.3. The number of ether oxygens (including phenoxy) is 8. The van der Waals surface area contributed by atoms with Crippen LogP contribution < -0.4 is 9.47 Å². The Bertz CT molecular complexity index is 1560. The average Bonchev–Trinajstić information content (AvgIpc) is 3.31. The van der Waals surface area contributed by atoms with Crippen LogP contribution in [0.2, 0.25) is 0 Å². The van der Waals surface area contributed by atoms with Gasteiger partial charge in [-0.3, -0.25) is 9.59 Å². The van der Waals surface area contributed by atoms with Gasteiger partial charge in [0.2, 0.25) is 0 Å². The topological polar surface area (TPSA) is 142 Å². The van der Waals surface area contributed by atoms with Gasteiger partial charge in [0.1, 0.15) is 11.5 Å². The molecule has 3 fully saturated rings. The van der Waals surface area contributed by atoms with Gasteiger partial charge < -0.3 is 37.9 Å². The van der Waals surface area contributed by atoms with Gasteiger partial charge in [0.25, 0.3) is 0 Å². The highest BCUT2D eigenvalue weighted by Crippen LogP contribution is 2.33. The van der Waals surface area contributed by atoms with Crippen LogP contribution in [0.1, 0.15) is 176 Å². The molecule has 0 spiro atoms. The molecule has 1 saturated carbocycles. The molecule has 0 N–H and O–H groups in total. The van der Waals surface area contributed by atoms with Gasteiger partial charge >= 0.3 is 23.9 Å². The maximum atomic E-state index is 13.0. The standard InChI is InChI=1S/C54H80O12/c1-3-53(39-61-40-53)37-59-33-17-13-9-5-7-11-15-19-35-63-49(55)43-25-29-47(30-26-43)65-51(57)45-21-23-46(24-22-45)52(58)66-48-31-27-44(28-32-48)50(56)64-36-20-16-12-8-6-10-14-18-34-60-38-54(4-2)41-62-42-54/h25-32,45-46H,3-24,33-42H2,1-2H3. The van der Waals surface area contributed by atoms with E-state index in [0.717, 1.165) is 117 Å². The Hall–Kier alpha value is -3.84. The van der Waals surface area contributed by atoms with Gasteiger partial charge in [-0.15, -0.1) is 0 Å². The first-order valence-electron chi connectivity index (χ1n) is 25.5. The van der Waals surface area contributed by atoms with Crippen molar-refractivity contribution in [2.24, 2.45) is 22.7 Å². The second-order valence-electron chi connectivity index (χ2n) is 19.2. The minimum atomic E-state index is -0.389.